The van der Waals surface area contributed by atoms with E-state index in [9.17, 15) is 21.9 Å². The predicted molar refractivity (Wildman–Crippen MR) is 102 cm³/mol. The van der Waals surface area contributed by atoms with Crippen molar-refractivity contribution in [2.45, 2.75) is 24.0 Å². The second-order valence-electron chi connectivity index (χ2n) is 6.50. The van der Waals surface area contributed by atoms with Crippen LogP contribution in [0.5, 0.6) is 5.75 Å². The third-order valence-corrected chi connectivity index (χ3v) is 8.03. The smallest absolute Gasteiger partial charge is 0.268 e. The Hall–Kier alpha value is -2.10. The number of aliphatic hydroxyl groups is 1. The fourth-order valence-electron chi connectivity index (χ4n) is 3.21. The van der Waals surface area contributed by atoms with Gasteiger partial charge in [-0.1, -0.05) is 24.3 Å². The van der Waals surface area contributed by atoms with Gasteiger partial charge in [-0.05, 0) is 36.8 Å². The van der Waals surface area contributed by atoms with Crippen LogP contribution in [-0.2, 0) is 19.9 Å². The van der Waals surface area contributed by atoms with Crippen molar-refractivity contribution in [1.82, 2.24) is 0 Å². The summed E-state index contributed by atoms with van der Waals surface area (Å²) in [6.07, 6.45) is -1.32. The van der Waals surface area contributed by atoms with Gasteiger partial charge in [0, 0.05) is 0 Å². The minimum absolute atomic E-state index is 0.0784. The number of anilines is 1. The Morgan fingerprint density at radius 2 is 1.78 bits per heavy atom. The van der Waals surface area contributed by atoms with Crippen LogP contribution in [0.4, 0.5) is 5.69 Å². The molecule has 3 rings (SSSR count). The minimum atomic E-state index is -4.20. The second-order valence-corrected chi connectivity index (χ2v) is 10.4. The maximum atomic E-state index is 13.5. The van der Waals surface area contributed by atoms with E-state index in [0.29, 0.717) is 5.56 Å². The molecule has 146 valence electrons. The number of nitrogens with zero attached hydrogens (tertiary/aromatic N) is 1. The van der Waals surface area contributed by atoms with E-state index in [-0.39, 0.29) is 16.3 Å². The third kappa shape index (κ3) is 3.80. The van der Waals surface area contributed by atoms with Crippen LogP contribution in [0.25, 0.3) is 0 Å². The summed E-state index contributed by atoms with van der Waals surface area (Å²) >= 11 is 0. The van der Waals surface area contributed by atoms with Crippen molar-refractivity contribution in [3.05, 3.63) is 54.1 Å². The van der Waals surface area contributed by atoms with Gasteiger partial charge in [0.05, 0.1) is 36.4 Å². The highest BCUT2D eigenvalue weighted by atomic mass is 32.2. The van der Waals surface area contributed by atoms with Crippen LogP contribution in [0, 0.1) is 6.92 Å². The molecule has 0 saturated carbocycles. The van der Waals surface area contributed by atoms with E-state index in [1.54, 1.807) is 49.4 Å². The molecule has 0 aromatic heterocycles. The molecule has 1 aliphatic heterocycles. The van der Waals surface area contributed by atoms with Crippen molar-refractivity contribution >= 4 is 25.5 Å². The lowest BCUT2D eigenvalue weighted by Gasteiger charge is -2.32. The molecule has 1 N–H and O–H groups in total. The summed E-state index contributed by atoms with van der Waals surface area (Å²) in [4.78, 5) is -0.0784. The molecular formula is C18H21NO6S2. The van der Waals surface area contributed by atoms with Crippen molar-refractivity contribution < 1.29 is 26.7 Å². The Labute approximate surface area is 159 Å². The van der Waals surface area contributed by atoms with Gasteiger partial charge in [-0.25, -0.2) is 16.8 Å². The zero-order valence-corrected chi connectivity index (χ0v) is 16.6. The summed E-state index contributed by atoms with van der Waals surface area (Å²) in [5.74, 6) is -0.769. The molecular weight excluding hydrogens is 390 g/mol. The van der Waals surface area contributed by atoms with Gasteiger partial charge in [0.15, 0.2) is 9.84 Å². The first-order chi connectivity index (χ1) is 12.7. The number of ether oxygens (including phenoxy) is 1. The maximum absolute atomic E-state index is 13.5. The maximum Gasteiger partial charge on any atom is 0.268 e. The van der Waals surface area contributed by atoms with Gasteiger partial charge in [-0.15, -0.1) is 0 Å². The van der Waals surface area contributed by atoms with Crippen molar-refractivity contribution in [3.8, 4) is 5.75 Å². The van der Waals surface area contributed by atoms with Crippen LogP contribution < -0.4 is 9.04 Å². The van der Waals surface area contributed by atoms with Gasteiger partial charge in [-0.3, -0.25) is 4.31 Å². The molecule has 2 atom stereocenters. The summed E-state index contributed by atoms with van der Waals surface area (Å²) in [5.41, 5.74) is 0.990. The largest absolute Gasteiger partial charge is 0.495 e. The number of sulfonamides is 1. The molecule has 0 spiro atoms. The summed E-state index contributed by atoms with van der Waals surface area (Å²) in [5, 5.41) is 10.3. The van der Waals surface area contributed by atoms with Crippen molar-refractivity contribution in [1.29, 1.82) is 0 Å². The van der Waals surface area contributed by atoms with Crippen LogP contribution in [0.1, 0.15) is 5.56 Å². The van der Waals surface area contributed by atoms with E-state index in [0.717, 1.165) is 4.31 Å². The molecule has 0 aliphatic carbocycles. The summed E-state index contributed by atoms with van der Waals surface area (Å²) in [7, 11) is -6.39. The fraction of sp³-hybridized carbons (Fsp3) is 0.333. The molecule has 0 bridgehead atoms. The lowest BCUT2D eigenvalue weighted by Crippen LogP contribution is -2.47. The van der Waals surface area contributed by atoms with Crippen LogP contribution >= 0.6 is 0 Å². The molecule has 0 radical (unpaired) electrons. The number of para-hydroxylation sites is 1. The van der Waals surface area contributed by atoms with Gasteiger partial charge in [0.1, 0.15) is 10.6 Å². The topological polar surface area (TPSA) is 101 Å². The van der Waals surface area contributed by atoms with Gasteiger partial charge in [0.25, 0.3) is 10.0 Å². The van der Waals surface area contributed by atoms with Crippen molar-refractivity contribution in [2.75, 3.05) is 22.9 Å². The van der Waals surface area contributed by atoms with Crippen molar-refractivity contribution in [2.24, 2.45) is 0 Å². The van der Waals surface area contributed by atoms with Crippen LogP contribution in [0.15, 0.2) is 53.4 Å². The highest BCUT2D eigenvalue weighted by Crippen LogP contribution is 2.34. The van der Waals surface area contributed by atoms with E-state index >= 15 is 0 Å². The first-order valence-electron chi connectivity index (χ1n) is 8.28. The molecule has 1 fully saturated rings. The molecule has 1 aliphatic rings. The highest BCUT2D eigenvalue weighted by molar-refractivity contribution is 7.93. The quantitative estimate of drug-likeness (QED) is 0.797. The average molecular weight is 412 g/mol. The summed E-state index contributed by atoms with van der Waals surface area (Å²) < 4.78 is 57.4. The van der Waals surface area contributed by atoms with Gasteiger partial charge < -0.3 is 9.84 Å². The fourth-order valence-corrected chi connectivity index (χ4v) is 7.00. The van der Waals surface area contributed by atoms with E-state index in [4.69, 9.17) is 4.74 Å². The first-order valence-corrected chi connectivity index (χ1v) is 11.5. The van der Waals surface area contributed by atoms with Gasteiger partial charge in [0.2, 0.25) is 0 Å². The summed E-state index contributed by atoms with van der Waals surface area (Å²) in [6.45, 7) is 1.75. The first kappa shape index (κ1) is 19.7. The van der Waals surface area contributed by atoms with E-state index in [2.05, 4.69) is 0 Å². The number of benzene rings is 2. The molecule has 2 aromatic carbocycles. The number of aliphatic hydroxyl groups excluding tert-OH is 1. The second kappa shape index (κ2) is 7.14. The number of sulfone groups is 1. The number of rotatable bonds is 5. The molecule has 0 amide bonds. The Morgan fingerprint density at radius 1 is 1.11 bits per heavy atom. The van der Waals surface area contributed by atoms with E-state index in [1.165, 1.54) is 13.2 Å². The SMILES string of the molecule is COc1ccc(C)cc1S(=O)(=O)N(c1ccccc1)[C@H]1CS(=O)(=O)C[C@@H]1O. The Kier molecular flexibility index (Phi) is 5.20. The number of hydrogen-bond donors (Lipinski definition) is 1. The Balaban J connectivity index is 2.21. The normalized spacial score (nSPS) is 21.7. The molecule has 9 heteroatoms. The van der Waals surface area contributed by atoms with E-state index < -0.39 is 43.5 Å². The standard InChI is InChI=1S/C18H21NO6S2/c1-13-8-9-17(25-2)18(10-13)27(23,24)19(14-6-4-3-5-7-14)15-11-26(21,22)12-16(15)20/h3-10,15-16,20H,11-12H2,1-2H3/t15-,16-/m0/s1. The monoisotopic (exact) mass is 411 g/mol. The highest BCUT2D eigenvalue weighted by Gasteiger charge is 2.45. The molecule has 2 aromatic rings. The van der Waals surface area contributed by atoms with Crippen molar-refractivity contribution in [3.63, 3.8) is 0 Å². The van der Waals surface area contributed by atoms with Crippen LogP contribution in [0.2, 0.25) is 0 Å². The predicted octanol–water partition coefficient (Wildman–Crippen LogP) is 1.36. The summed E-state index contributed by atoms with van der Waals surface area (Å²) in [6, 6.07) is 11.8. The number of hydrogen-bond acceptors (Lipinski definition) is 6. The van der Waals surface area contributed by atoms with Gasteiger partial charge in [-0.2, -0.15) is 0 Å². The molecule has 1 saturated heterocycles. The zero-order valence-electron chi connectivity index (χ0n) is 14.9. The molecule has 7 nitrogen and oxygen atoms in total. The Bertz CT molecular complexity index is 1030. The van der Waals surface area contributed by atoms with Crippen LogP contribution in [0.3, 0.4) is 0 Å². The Morgan fingerprint density at radius 3 is 2.33 bits per heavy atom. The molecule has 1 heterocycles. The zero-order chi connectivity index (χ0) is 19.8. The average Bonchev–Trinajstić information content (AvgIpc) is 2.88. The third-order valence-electron chi connectivity index (χ3n) is 4.46. The lowest BCUT2D eigenvalue weighted by molar-refractivity contribution is 0.184. The molecule has 0 unspecified atom stereocenters. The van der Waals surface area contributed by atoms with E-state index in [1.807, 2.05) is 0 Å². The molecule has 27 heavy (non-hydrogen) atoms. The minimum Gasteiger partial charge on any atom is -0.495 e. The van der Waals surface area contributed by atoms with Gasteiger partial charge >= 0.3 is 0 Å². The number of aryl methyl sites for hydroxylation is 1. The number of methoxy groups -OCH3 is 1. The van der Waals surface area contributed by atoms with Crippen LogP contribution in [-0.4, -0.2) is 52.7 Å². The lowest BCUT2D eigenvalue weighted by atomic mass is 10.2.